The van der Waals surface area contributed by atoms with Gasteiger partial charge in [0.05, 0.1) is 6.04 Å². The van der Waals surface area contributed by atoms with E-state index in [4.69, 9.17) is 0 Å². The van der Waals surface area contributed by atoms with E-state index in [2.05, 4.69) is 60.5 Å². The molecule has 144 valence electrons. The van der Waals surface area contributed by atoms with Crippen LogP contribution in [0.4, 0.5) is 0 Å². The van der Waals surface area contributed by atoms with Gasteiger partial charge in [-0.05, 0) is 67.5 Å². The summed E-state index contributed by atoms with van der Waals surface area (Å²) in [7, 11) is 0. The quantitative estimate of drug-likeness (QED) is 0.785. The summed E-state index contributed by atoms with van der Waals surface area (Å²) in [5, 5.41) is 3.11. The second-order valence-electron chi connectivity index (χ2n) is 7.97. The zero-order valence-corrected chi connectivity index (χ0v) is 16.9. The van der Waals surface area contributed by atoms with Gasteiger partial charge in [-0.1, -0.05) is 50.2 Å². The molecule has 2 aromatic rings. The van der Waals surface area contributed by atoms with Crippen LogP contribution in [0.1, 0.15) is 66.7 Å². The summed E-state index contributed by atoms with van der Waals surface area (Å²) in [6.07, 6.45) is 3.66. The number of benzene rings is 2. The van der Waals surface area contributed by atoms with E-state index in [-0.39, 0.29) is 11.9 Å². The largest absolute Gasteiger partial charge is 0.346 e. The summed E-state index contributed by atoms with van der Waals surface area (Å²) in [6, 6.07) is 16.6. The van der Waals surface area contributed by atoms with E-state index in [0.717, 1.165) is 30.0 Å². The number of rotatable bonds is 6. The van der Waals surface area contributed by atoms with Gasteiger partial charge >= 0.3 is 0 Å². The Balaban J connectivity index is 1.56. The second-order valence-corrected chi connectivity index (χ2v) is 7.97. The number of nitrogens with one attached hydrogen (secondary N) is 1. The number of carbonyl (C=O) groups is 1. The normalized spacial score (nSPS) is 18.9. The minimum absolute atomic E-state index is 0.00193. The third kappa shape index (κ3) is 5.43. The van der Waals surface area contributed by atoms with Crippen molar-refractivity contribution in [2.75, 3.05) is 13.1 Å². The highest BCUT2D eigenvalue weighted by molar-refractivity contribution is 5.94. The van der Waals surface area contributed by atoms with Gasteiger partial charge in [-0.15, -0.1) is 0 Å². The van der Waals surface area contributed by atoms with Crippen molar-refractivity contribution in [3.63, 3.8) is 0 Å². The molecule has 1 aliphatic heterocycles. The van der Waals surface area contributed by atoms with Crippen LogP contribution in [0.3, 0.4) is 0 Å². The van der Waals surface area contributed by atoms with Crippen LogP contribution in [0.2, 0.25) is 0 Å². The van der Waals surface area contributed by atoms with Gasteiger partial charge in [0.25, 0.3) is 5.91 Å². The molecule has 1 heterocycles. The van der Waals surface area contributed by atoms with Crippen LogP contribution in [0, 0.1) is 5.92 Å². The average Bonchev–Trinajstić information content (AvgIpc) is 2.68. The fourth-order valence-corrected chi connectivity index (χ4v) is 3.86. The van der Waals surface area contributed by atoms with Crippen molar-refractivity contribution >= 4 is 5.91 Å². The Hall–Kier alpha value is -2.13. The molecule has 0 saturated carbocycles. The van der Waals surface area contributed by atoms with Crippen LogP contribution in [0.5, 0.6) is 0 Å². The lowest BCUT2D eigenvalue weighted by Gasteiger charge is -2.30. The Kier molecular flexibility index (Phi) is 6.68. The fraction of sp³-hybridized carbons (Fsp3) is 0.458. The zero-order chi connectivity index (χ0) is 19.2. The molecular weight excluding hydrogens is 332 g/mol. The second kappa shape index (κ2) is 9.18. The average molecular weight is 365 g/mol. The zero-order valence-electron chi connectivity index (χ0n) is 16.9. The molecule has 1 N–H and O–H groups in total. The molecule has 1 aliphatic rings. The summed E-state index contributed by atoms with van der Waals surface area (Å²) >= 11 is 0. The molecule has 0 spiro atoms. The third-order valence-corrected chi connectivity index (χ3v) is 5.60. The molecule has 2 aromatic carbocycles. The highest BCUT2D eigenvalue weighted by Gasteiger charge is 2.16. The maximum Gasteiger partial charge on any atom is 0.251 e. The van der Waals surface area contributed by atoms with Crippen LogP contribution in [-0.4, -0.2) is 23.9 Å². The highest BCUT2D eigenvalue weighted by Crippen LogP contribution is 2.19. The summed E-state index contributed by atoms with van der Waals surface area (Å²) in [4.78, 5) is 15.1. The van der Waals surface area contributed by atoms with Gasteiger partial charge in [-0.2, -0.15) is 0 Å². The SMILES string of the molecule is CCc1ccc([C@@H](C)NC(=O)c2ccc(CN3CCC[C@@H](C)C3)cc2)cc1. The predicted octanol–water partition coefficient (Wildman–Crippen LogP) is 4.97. The van der Waals surface area contributed by atoms with E-state index in [1.54, 1.807) is 0 Å². The number of likely N-dealkylation sites (tertiary alicyclic amines) is 1. The topological polar surface area (TPSA) is 32.3 Å². The summed E-state index contributed by atoms with van der Waals surface area (Å²) in [6.45, 7) is 9.85. The van der Waals surface area contributed by atoms with Gasteiger partial charge in [-0.3, -0.25) is 9.69 Å². The van der Waals surface area contributed by atoms with Gasteiger partial charge in [0.15, 0.2) is 0 Å². The first-order chi connectivity index (χ1) is 13.0. The first kappa shape index (κ1) is 19.6. The molecule has 0 aliphatic carbocycles. The first-order valence-corrected chi connectivity index (χ1v) is 10.3. The summed E-state index contributed by atoms with van der Waals surface area (Å²) in [5.74, 6) is 0.775. The maximum absolute atomic E-state index is 12.6. The van der Waals surface area contributed by atoms with Gasteiger partial charge in [0.1, 0.15) is 0 Å². The van der Waals surface area contributed by atoms with E-state index < -0.39 is 0 Å². The number of nitrogens with zero attached hydrogens (tertiary/aromatic N) is 1. The Labute approximate surface area is 163 Å². The number of hydrogen-bond acceptors (Lipinski definition) is 2. The van der Waals surface area contributed by atoms with Crippen LogP contribution < -0.4 is 5.32 Å². The number of hydrogen-bond donors (Lipinski definition) is 1. The van der Waals surface area contributed by atoms with Gasteiger partial charge in [0, 0.05) is 18.7 Å². The van der Waals surface area contributed by atoms with E-state index in [9.17, 15) is 4.79 Å². The molecule has 0 unspecified atom stereocenters. The Morgan fingerprint density at radius 2 is 1.78 bits per heavy atom. The lowest BCUT2D eigenvalue weighted by Crippen LogP contribution is -2.33. The van der Waals surface area contributed by atoms with Crippen LogP contribution in [-0.2, 0) is 13.0 Å². The Morgan fingerprint density at radius 1 is 1.11 bits per heavy atom. The molecule has 0 bridgehead atoms. The minimum atomic E-state index is -0.0137. The third-order valence-electron chi connectivity index (χ3n) is 5.60. The molecule has 1 saturated heterocycles. The number of aryl methyl sites for hydroxylation is 1. The molecule has 3 rings (SSSR count). The lowest BCUT2D eigenvalue weighted by molar-refractivity contribution is 0.0940. The minimum Gasteiger partial charge on any atom is -0.346 e. The predicted molar refractivity (Wildman–Crippen MR) is 112 cm³/mol. The number of carbonyl (C=O) groups excluding carboxylic acids is 1. The van der Waals surface area contributed by atoms with E-state index in [1.807, 2.05) is 19.1 Å². The highest BCUT2D eigenvalue weighted by atomic mass is 16.1. The van der Waals surface area contributed by atoms with E-state index >= 15 is 0 Å². The standard InChI is InChI=1S/C24H32N2O/c1-4-20-7-11-22(12-8-20)19(3)25-24(27)23-13-9-21(10-14-23)17-26-15-5-6-18(2)16-26/h7-14,18-19H,4-6,15-17H2,1-3H3,(H,25,27)/t18-,19-/m1/s1. The Morgan fingerprint density at radius 3 is 2.41 bits per heavy atom. The first-order valence-electron chi connectivity index (χ1n) is 10.3. The molecule has 1 amide bonds. The summed E-state index contributed by atoms with van der Waals surface area (Å²) in [5.41, 5.74) is 4.46. The molecule has 0 aromatic heterocycles. The van der Waals surface area contributed by atoms with Gasteiger partial charge < -0.3 is 5.32 Å². The number of piperidine rings is 1. The Bertz CT molecular complexity index is 736. The molecule has 0 radical (unpaired) electrons. The monoisotopic (exact) mass is 364 g/mol. The molecular formula is C24H32N2O. The van der Waals surface area contributed by atoms with Crippen LogP contribution in [0.15, 0.2) is 48.5 Å². The van der Waals surface area contributed by atoms with Gasteiger partial charge in [0.2, 0.25) is 0 Å². The fourth-order valence-electron chi connectivity index (χ4n) is 3.86. The van der Waals surface area contributed by atoms with Crippen LogP contribution >= 0.6 is 0 Å². The molecule has 3 nitrogen and oxygen atoms in total. The van der Waals surface area contributed by atoms with Crippen molar-refractivity contribution in [3.05, 3.63) is 70.8 Å². The maximum atomic E-state index is 12.6. The number of amides is 1. The van der Waals surface area contributed by atoms with Crippen LogP contribution in [0.25, 0.3) is 0 Å². The van der Waals surface area contributed by atoms with Crippen molar-refractivity contribution in [3.8, 4) is 0 Å². The summed E-state index contributed by atoms with van der Waals surface area (Å²) < 4.78 is 0. The van der Waals surface area contributed by atoms with Crippen molar-refractivity contribution in [1.82, 2.24) is 10.2 Å². The molecule has 1 fully saturated rings. The smallest absolute Gasteiger partial charge is 0.251 e. The molecule has 3 heteroatoms. The lowest BCUT2D eigenvalue weighted by atomic mass is 9.99. The van der Waals surface area contributed by atoms with E-state index in [0.29, 0.717) is 0 Å². The van der Waals surface area contributed by atoms with Crippen molar-refractivity contribution in [2.24, 2.45) is 5.92 Å². The van der Waals surface area contributed by atoms with Crippen molar-refractivity contribution in [1.29, 1.82) is 0 Å². The van der Waals surface area contributed by atoms with Crippen molar-refractivity contribution < 1.29 is 4.79 Å². The van der Waals surface area contributed by atoms with Gasteiger partial charge in [-0.25, -0.2) is 0 Å². The van der Waals surface area contributed by atoms with E-state index in [1.165, 1.54) is 37.1 Å². The molecule has 27 heavy (non-hydrogen) atoms. The molecule has 2 atom stereocenters. The van der Waals surface area contributed by atoms with Crippen molar-refractivity contribution in [2.45, 2.75) is 52.6 Å².